The van der Waals surface area contributed by atoms with Crippen molar-refractivity contribution in [2.45, 2.75) is 57.3 Å². The Bertz CT molecular complexity index is 1190. The SMILES string of the molecule is COc1ccc2c(c1)CCC(c1ccc(OC)cc1NCCc1ccc(OCCN3CCCCCC3)cc1)C2. The molecule has 0 amide bonds. The molecular weight excluding hydrogens is 484 g/mol. The monoisotopic (exact) mass is 528 g/mol. The lowest BCUT2D eigenvalue weighted by atomic mass is 9.79. The highest BCUT2D eigenvalue weighted by Crippen LogP contribution is 2.38. The fraction of sp³-hybridized carbons (Fsp3) is 0.471. The normalized spacial score (nSPS) is 17.6. The second kappa shape index (κ2) is 13.7. The zero-order valence-electron chi connectivity index (χ0n) is 23.7. The van der Waals surface area contributed by atoms with Crippen molar-refractivity contribution in [1.82, 2.24) is 4.90 Å². The molecular formula is C34H44N2O3. The molecule has 1 heterocycles. The minimum atomic E-state index is 0.491. The van der Waals surface area contributed by atoms with Crippen molar-refractivity contribution >= 4 is 5.69 Å². The standard InChI is InChI=1S/C34H44N2O3/c1-37-31-14-11-27-23-29(10-9-28(27)24-31)33-16-15-32(38-2)25-34(33)35-18-17-26-7-12-30(13-8-26)39-22-21-36-19-5-3-4-6-20-36/h7-8,11-16,24-25,29,35H,3-6,9-10,17-23H2,1-2H3. The summed E-state index contributed by atoms with van der Waals surface area (Å²) >= 11 is 0. The van der Waals surface area contributed by atoms with Crippen LogP contribution in [0.4, 0.5) is 5.69 Å². The van der Waals surface area contributed by atoms with Crippen LogP contribution in [0.15, 0.2) is 60.7 Å². The maximum absolute atomic E-state index is 6.05. The lowest BCUT2D eigenvalue weighted by Crippen LogP contribution is -2.29. The van der Waals surface area contributed by atoms with Gasteiger partial charge in [0, 0.05) is 24.8 Å². The van der Waals surface area contributed by atoms with Crippen LogP contribution in [-0.2, 0) is 19.3 Å². The van der Waals surface area contributed by atoms with Crippen LogP contribution in [-0.4, -0.2) is 51.9 Å². The zero-order chi connectivity index (χ0) is 26.9. The van der Waals surface area contributed by atoms with E-state index in [2.05, 4.69) is 70.9 Å². The van der Waals surface area contributed by atoms with Crippen molar-refractivity contribution in [2.24, 2.45) is 0 Å². The van der Waals surface area contributed by atoms with Crippen LogP contribution < -0.4 is 19.5 Å². The molecule has 208 valence electrons. The van der Waals surface area contributed by atoms with E-state index in [0.717, 1.165) is 62.6 Å². The third kappa shape index (κ3) is 7.48. The Morgan fingerprint density at radius 3 is 2.28 bits per heavy atom. The van der Waals surface area contributed by atoms with Crippen molar-refractivity contribution in [2.75, 3.05) is 52.3 Å². The van der Waals surface area contributed by atoms with E-state index in [4.69, 9.17) is 14.2 Å². The van der Waals surface area contributed by atoms with Crippen molar-refractivity contribution < 1.29 is 14.2 Å². The van der Waals surface area contributed by atoms with Gasteiger partial charge in [-0.15, -0.1) is 0 Å². The first-order valence-corrected chi connectivity index (χ1v) is 14.7. The highest BCUT2D eigenvalue weighted by Gasteiger charge is 2.23. The number of likely N-dealkylation sites (tertiary alicyclic amines) is 1. The smallest absolute Gasteiger partial charge is 0.120 e. The number of nitrogens with one attached hydrogen (secondary N) is 1. The average molecular weight is 529 g/mol. The molecule has 1 N–H and O–H groups in total. The molecule has 0 radical (unpaired) electrons. The lowest BCUT2D eigenvalue weighted by Gasteiger charge is -2.27. The first-order chi connectivity index (χ1) is 19.2. The number of ether oxygens (including phenoxy) is 3. The molecule has 1 aliphatic heterocycles. The van der Waals surface area contributed by atoms with E-state index in [1.165, 1.54) is 66.7 Å². The number of hydrogen-bond donors (Lipinski definition) is 1. The minimum Gasteiger partial charge on any atom is -0.497 e. The van der Waals surface area contributed by atoms with Crippen LogP contribution in [0.5, 0.6) is 17.2 Å². The molecule has 5 rings (SSSR count). The van der Waals surface area contributed by atoms with Gasteiger partial charge in [-0.2, -0.15) is 0 Å². The summed E-state index contributed by atoms with van der Waals surface area (Å²) in [6, 6.07) is 21.6. The van der Waals surface area contributed by atoms with Gasteiger partial charge in [0.25, 0.3) is 0 Å². The van der Waals surface area contributed by atoms with Crippen molar-refractivity contribution in [3.8, 4) is 17.2 Å². The number of aryl methyl sites for hydroxylation is 1. The summed E-state index contributed by atoms with van der Waals surface area (Å²) < 4.78 is 17.0. The second-order valence-electron chi connectivity index (χ2n) is 11.0. The summed E-state index contributed by atoms with van der Waals surface area (Å²) in [4.78, 5) is 2.54. The molecule has 5 heteroatoms. The van der Waals surface area contributed by atoms with Crippen molar-refractivity contribution in [1.29, 1.82) is 0 Å². The number of anilines is 1. The predicted octanol–water partition coefficient (Wildman–Crippen LogP) is 6.89. The Kier molecular flexibility index (Phi) is 9.66. The van der Waals surface area contributed by atoms with Gasteiger partial charge >= 0.3 is 0 Å². The number of rotatable bonds is 11. The fourth-order valence-electron chi connectivity index (χ4n) is 6.04. The van der Waals surface area contributed by atoms with Gasteiger partial charge in [-0.1, -0.05) is 37.1 Å². The van der Waals surface area contributed by atoms with Gasteiger partial charge in [0.1, 0.15) is 23.9 Å². The maximum atomic E-state index is 6.05. The number of benzene rings is 3. The minimum absolute atomic E-state index is 0.491. The molecule has 3 aromatic rings. The van der Waals surface area contributed by atoms with Gasteiger partial charge in [-0.25, -0.2) is 0 Å². The Hall–Kier alpha value is -3.18. The Morgan fingerprint density at radius 2 is 1.51 bits per heavy atom. The van der Waals surface area contributed by atoms with E-state index >= 15 is 0 Å². The molecule has 1 atom stereocenters. The molecule has 0 bridgehead atoms. The zero-order valence-corrected chi connectivity index (χ0v) is 23.7. The molecule has 0 saturated carbocycles. The highest BCUT2D eigenvalue weighted by molar-refractivity contribution is 5.58. The second-order valence-corrected chi connectivity index (χ2v) is 11.0. The first-order valence-electron chi connectivity index (χ1n) is 14.7. The molecule has 1 aliphatic carbocycles. The largest absolute Gasteiger partial charge is 0.497 e. The summed E-state index contributed by atoms with van der Waals surface area (Å²) in [5.41, 5.74) is 6.73. The van der Waals surface area contributed by atoms with Crippen molar-refractivity contribution in [3.63, 3.8) is 0 Å². The lowest BCUT2D eigenvalue weighted by molar-refractivity contribution is 0.214. The summed E-state index contributed by atoms with van der Waals surface area (Å²) in [7, 11) is 3.48. The van der Waals surface area contributed by atoms with E-state index in [1.807, 2.05) is 0 Å². The summed E-state index contributed by atoms with van der Waals surface area (Å²) in [5.74, 6) is 3.30. The van der Waals surface area contributed by atoms with Crippen LogP contribution in [0.1, 0.15) is 60.3 Å². The fourth-order valence-corrected chi connectivity index (χ4v) is 6.04. The summed E-state index contributed by atoms with van der Waals surface area (Å²) in [6.45, 7) is 5.09. The predicted molar refractivity (Wildman–Crippen MR) is 160 cm³/mol. The quantitative estimate of drug-likeness (QED) is 0.294. The van der Waals surface area contributed by atoms with Crippen LogP contribution >= 0.6 is 0 Å². The van der Waals surface area contributed by atoms with E-state index < -0.39 is 0 Å². The molecule has 0 spiro atoms. The van der Waals surface area contributed by atoms with Gasteiger partial charge in [0.2, 0.25) is 0 Å². The third-order valence-corrected chi connectivity index (χ3v) is 8.37. The molecule has 1 fully saturated rings. The molecule has 1 saturated heterocycles. The average Bonchev–Trinajstić information content (AvgIpc) is 3.26. The first kappa shape index (κ1) is 27.4. The Morgan fingerprint density at radius 1 is 0.795 bits per heavy atom. The molecule has 1 unspecified atom stereocenters. The molecule has 3 aromatic carbocycles. The number of hydrogen-bond acceptors (Lipinski definition) is 5. The molecule has 39 heavy (non-hydrogen) atoms. The van der Waals surface area contributed by atoms with Crippen LogP contribution in [0, 0.1) is 0 Å². The van der Waals surface area contributed by atoms with Gasteiger partial charge in [0.05, 0.1) is 14.2 Å². The van der Waals surface area contributed by atoms with E-state index in [1.54, 1.807) is 14.2 Å². The van der Waals surface area contributed by atoms with E-state index in [-0.39, 0.29) is 0 Å². The van der Waals surface area contributed by atoms with Crippen LogP contribution in [0.25, 0.3) is 0 Å². The number of methoxy groups -OCH3 is 2. The molecule has 5 nitrogen and oxygen atoms in total. The Balaban J connectivity index is 1.14. The van der Waals surface area contributed by atoms with Crippen LogP contribution in [0.3, 0.4) is 0 Å². The van der Waals surface area contributed by atoms with E-state index in [0.29, 0.717) is 5.92 Å². The van der Waals surface area contributed by atoms with E-state index in [9.17, 15) is 0 Å². The molecule has 2 aliphatic rings. The summed E-state index contributed by atoms with van der Waals surface area (Å²) in [5, 5.41) is 3.73. The van der Waals surface area contributed by atoms with Crippen molar-refractivity contribution in [3.05, 3.63) is 82.9 Å². The third-order valence-electron chi connectivity index (χ3n) is 8.37. The molecule has 0 aromatic heterocycles. The topological polar surface area (TPSA) is 43.0 Å². The number of nitrogens with zero attached hydrogens (tertiary/aromatic N) is 1. The van der Waals surface area contributed by atoms with Gasteiger partial charge < -0.3 is 19.5 Å². The highest BCUT2D eigenvalue weighted by atomic mass is 16.5. The van der Waals surface area contributed by atoms with Gasteiger partial charge in [-0.05, 0) is 110 Å². The summed E-state index contributed by atoms with van der Waals surface area (Å²) in [6.07, 6.45) is 9.62. The van der Waals surface area contributed by atoms with Gasteiger partial charge in [-0.3, -0.25) is 4.90 Å². The van der Waals surface area contributed by atoms with Gasteiger partial charge in [0.15, 0.2) is 0 Å². The maximum Gasteiger partial charge on any atom is 0.120 e. The number of fused-ring (bicyclic) bond motifs is 1. The Labute approximate surface area is 234 Å². The van der Waals surface area contributed by atoms with Crippen LogP contribution in [0.2, 0.25) is 0 Å².